The number of anilines is 1. The van der Waals surface area contributed by atoms with Gasteiger partial charge in [0.25, 0.3) is 0 Å². The molecule has 0 fully saturated rings. The summed E-state index contributed by atoms with van der Waals surface area (Å²) in [6.07, 6.45) is 0. The molecule has 0 bridgehead atoms. The smallest absolute Gasteiger partial charge is 0.134 e. The van der Waals surface area contributed by atoms with Crippen LogP contribution in [-0.4, -0.2) is 9.97 Å². The van der Waals surface area contributed by atoms with Crippen LogP contribution in [-0.2, 0) is 0 Å². The molecule has 0 aliphatic rings. The molecule has 0 radical (unpaired) electrons. The Kier molecular flexibility index (Phi) is 4.33. The Labute approximate surface area is 125 Å². The fraction of sp³-hybridized carbons (Fsp3) is 0.375. The summed E-state index contributed by atoms with van der Waals surface area (Å²) in [5.41, 5.74) is 9.50. The molecule has 3 nitrogen and oxygen atoms in total. The van der Waals surface area contributed by atoms with E-state index in [9.17, 15) is 0 Å². The van der Waals surface area contributed by atoms with Gasteiger partial charge in [-0.25, -0.2) is 9.97 Å². The predicted octanol–water partition coefficient (Wildman–Crippen LogP) is 4.26. The van der Waals surface area contributed by atoms with Crippen molar-refractivity contribution in [3.8, 4) is 0 Å². The Bertz CT molecular complexity index is 636. The number of benzene rings is 1. The fourth-order valence-corrected chi connectivity index (χ4v) is 2.87. The topological polar surface area (TPSA) is 51.8 Å². The minimum Gasteiger partial charge on any atom is -0.383 e. The Morgan fingerprint density at radius 1 is 1.10 bits per heavy atom. The van der Waals surface area contributed by atoms with Gasteiger partial charge in [-0.2, -0.15) is 0 Å². The van der Waals surface area contributed by atoms with E-state index in [1.165, 1.54) is 16.0 Å². The molecule has 1 heterocycles. The number of nitrogen functional groups attached to an aromatic ring is 1. The summed E-state index contributed by atoms with van der Waals surface area (Å²) < 4.78 is 0. The Hall–Kier alpha value is -1.55. The van der Waals surface area contributed by atoms with Crippen molar-refractivity contribution in [2.45, 2.75) is 50.5 Å². The van der Waals surface area contributed by atoms with E-state index in [1.54, 1.807) is 11.8 Å². The number of hydrogen-bond acceptors (Lipinski definition) is 4. The second kappa shape index (κ2) is 5.83. The van der Waals surface area contributed by atoms with Crippen molar-refractivity contribution in [1.82, 2.24) is 9.97 Å². The van der Waals surface area contributed by atoms with Crippen molar-refractivity contribution in [3.63, 3.8) is 0 Å². The average Bonchev–Trinajstić information content (AvgIpc) is 2.37. The SMILES string of the molecule is Cc1ccc(Sc2nc(C(C)C)nc(N)c2C)c(C)c1. The third-order valence-corrected chi connectivity index (χ3v) is 4.48. The van der Waals surface area contributed by atoms with Gasteiger partial charge in [-0.3, -0.25) is 0 Å². The van der Waals surface area contributed by atoms with Crippen molar-refractivity contribution in [2.24, 2.45) is 0 Å². The summed E-state index contributed by atoms with van der Waals surface area (Å²) in [5.74, 6) is 1.66. The first kappa shape index (κ1) is 14.9. The fourth-order valence-electron chi connectivity index (χ4n) is 1.91. The highest BCUT2D eigenvalue weighted by atomic mass is 32.2. The molecule has 2 N–H and O–H groups in total. The zero-order valence-corrected chi connectivity index (χ0v) is 13.5. The van der Waals surface area contributed by atoms with Crippen LogP contribution in [0.1, 0.15) is 42.3 Å². The lowest BCUT2D eigenvalue weighted by Gasteiger charge is -2.12. The Balaban J connectivity index is 2.42. The van der Waals surface area contributed by atoms with E-state index in [1.807, 2.05) is 6.92 Å². The molecule has 4 heteroatoms. The van der Waals surface area contributed by atoms with Crippen LogP contribution < -0.4 is 5.73 Å². The monoisotopic (exact) mass is 287 g/mol. The molecule has 106 valence electrons. The van der Waals surface area contributed by atoms with Crippen molar-refractivity contribution in [1.29, 1.82) is 0 Å². The summed E-state index contributed by atoms with van der Waals surface area (Å²) in [7, 11) is 0. The summed E-state index contributed by atoms with van der Waals surface area (Å²) >= 11 is 1.66. The minimum atomic E-state index is 0.274. The summed E-state index contributed by atoms with van der Waals surface area (Å²) in [5, 5.41) is 0.952. The van der Waals surface area contributed by atoms with E-state index in [0.717, 1.165) is 16.4 Å². The first-order valence-electron chi connectivity index (χ1n) is 6.77. The van der Waals surface area contributed by atoms with Crippen molar-refractivity contribution in [3.05, 3.63) is 40.7 Å². The first-order valence-corrected chi connectivity index (χ1v) is 7.59. The van der Waals surface area contributed by atoms with Crippen LogP contribution in [0.5, 0.6) is 0 Å². The normalized spacial score (nSPS) is 11.1. The van der Waals surface area contributed by atoms with Crippen LogP contribution in [0.3, 0.4) is 0 Å². The maximum atomic E-state index is 6.01. The lowest BCUT2D eigenvalue weighted by atomic mass is 10.2. The van der Waals surface area contributed by atoms with Crippen LogP contribution in [0.15, 0.2) is 28.1 Å². The van der Waals surface area contributed by atoms with Crippen molar-refractivity contribution < 1.29 is 0 Å². The molecule has 0 atom stereocenters. The van der Waals surface area contributed by atoms with Gasteiger partial charge in [0.2, 0.25) is 0 Å². The predicted molar refractivity (Wildman–Crippen MR) is 85.3 cm³/mol. The number of nitrogens with zero attached hydrogens (tertiary/aromatic N) is 2. The van der Waals surface area contributed by atoms with E-state index in [-0.39, 0.29) is 5.92 Å². The number of aromatic nitrogens is 2. The molecule has 1 aromatic carbocycles. The van der Waals surface area contributed by atoms with Crippen LogP contribution >= 0.6 is 11.8 Å². The maximum absolute atomic E-state index is 6.01. The molecule has 0 unspecified atom stereocenters. The summed E-state index contributed by atoms with van der Waals surface area (Å²) in [6, 6.07) is 6.45. The number of aryl methyl sites for hydroxylation is 2. The number of rotatable bonds is 3. The molecule has 20 heavy (non-hydrogen) atoms. The standard InChI is InChI=1S/C16H21N3S/c1-9(2)15-18-14(17)12(5)16(19-15)20-13-7-6-10(3)8-11(13)4/h6-9H,1-5H3,(H2,17,18,19). The van der Waals surface area contributed by atoms with Gasteiger partial charge < -0.3 is 5.73 Å². The van der Waals surface area contributed by atoms with E-state index in [2.05, 4.69) is 55.9 Å². The molecule has 0 saturated carbocycles. The van der Waals surface area contributed by atoms with Crippen molar-refractivity contribution in [2.75, 3.05) is 5.73 Å². The lowest BCUT2D eigenvalue weighted by Crippen LogP contribution is -2.05. The minimum absolute atomic E-state index is 0.274. The van der Waals surface area contributed by atoms with E-state index < -0.39 is 0 Å². The van der Waals surface area contributed by atoms with Crippen LogP contribution in [0.2, 0.25) is 0 Å². The van der Waals surface area contributed by atoms with Crippen LogP contribution in [0.25, 0.3) is 0 Å². The molecular formula is C16H21N3S. The largest absolute Gasteiger partial charge is 0.383 e. The van der Waals surface area contributed by atoms with Gasteiger partial charge in [-0.15, -0.1) is 0 Å². The molecule has 0 saturated heterocycles. The van der Waals surface area contributed by atoms with Crippen LogP contribution in [0, 0.1) is 20.8 Å². The van der Waals surface area contributed by atoms with Gasteiger partial charge in [0, 0.05) is 16.4 Å². The zero-order valence-electron chi connectivity index (χ0n) is 12.7. The molecule has 0 spiro atoms. The average molecular weight is 287 g/mol. The molecule has 0 aliphatic heterocycles. The van der Waals surface area contributed by atoms with Crippen molar-refractivity contribution >= 4 is 17.6 Å². The van der Waals surface area contributed by atoms with Gasteiger partial charge in [-0.1, -0.05) is 43.3 Å². The molecule has 2 aromatic rings. The van der Waals surface area contributed by atoms with Gasteiger partial charge >= 0.3 is 0 Å². The highest BCUT2D eigenvalue weighted by Gasteiger charge is 2.13. The van der Waals surface area contributed by atoms with Crippen LogP contribution in [0.4, 0.5) is 5.82 Å². The van der Waals surface area contributed by atoms with Gasteiger partial charge in [-0.05, 0) is 32.4 Å². The Morgan fingerprint density at radius 3 is 2.40 bits per heavy atom. The third-order valence-electron chi connectivity index (χ3n) is 3.21. The lowest BCUT2D eigenvalue weighted by molar-refractivity contribution is 0.751. The quantitative estimate of drug-likeness (QED) is 0.857. The second-order valence-electron chi connectivity index (χ2n) is 5.42. The molecule has 0 aliphatic carbocycles. The molecule has 2 rings (SSSR count). The zero-order chi connectivity index (χ0) is 14.9. The second-order valence-corrected chi connectivity index (χ2v) is 6.45. The first-order chi connectivity index (χ1) is 9.38. The molecule has 0 amide bonds. The maximum Gasteiger partial charge on any atom is 0.134 e. The molecular weight excluding hydrogens is 266 g/mol. The number of hydrogen-bond donors (Lipinski definition) is 1. The highest BCUT2D eigenvalue weighted by molar-refractivity contribution is 7.99. The van der Waals surface area contributed by atoms with Gasteiger partial charge in [0.05, 0.1) is 0 Å². The van der Waals surface area contributed by atoms with Gasteiger partial charge in [0.1, 0.15) is 16.7 Å². The highest BCUT2D eigenvalue weighted by Crippen LogP contribution is 2.33. The van der Waals surface area contributed by atoms with E-state index in [4.69, 9.17) is 5.73 Å². The van der Waals surface area contributed by atoms with E-state index in [0.29, 0.717) is 5.82 Å². The van der Waals surface area contributed by atoms with E-state index >= 15 is 0 Å². The summed E-state index contributed by atoms with van der Waals surface area (Å²) in [4.78, 5) is 10.2. The summed E-state index contributed by atoms with van der Waals surface area (Å²) in [6.45, 7) is 10.4. The molecule has 1 aromatic heterocycles. The third kappa shape index (κ3) is 3.12. The van der Waals surface area contributed by atoms with Gasteiger partial charge in [0.15, 0.2) is 0 Å². The Morgan fingerprint density at radius 2 is 1.80 bits per heavy atom. The number of nitrogens with two attached hydrogens (primary N) is 1.